The molecule has 0 radical (unpaired) electrons. The highest BCUT2D eigenvalue weighted by Gasteiger charge is 2.08. The molecule has 0 aliphatic carbocycles. The van der Waals surface area contributed by atoms with E-state index < -0.39 is 0 Å². The van der Waals surface area contributed by atoms with Crippen LogP contribution in [-0.4, -0.2) is 5.91 Å². The van der Waals surface area contributed by atoms with Gasteiger partial charge in [0, 0.05) is 16.6 Å². The predicted octanol–water partition coefficient (Wildman–Crippen LogP) is 3.58. The van der Waals surface area contributed by atoms with Crippen LogP contribution in [0.1, 0.15) is 15.2 Å². The summed E-state index contributed by atoms with van der Waals surface area (Å²) in [5.74, 6) is -0.501. The number of thiophene rings is 1. The fraction of sp³-hybridized carbons (Fsp3) is 0.0833. The second-order valence-corrected chi connectivity index (χ2v) is 5.26. The van der Waals surface area contributed by atoms with Crippen LogP contribution in [0.2, 0.25) is 0 Å². The third kappa shape index (κ3) is 3.14. The molecule has 2 nitrogen and oxygen atoms in total. The van der Waals surface area contributed by atoms with Gasteiger partial charge in [-0.2, -0.15) is 0 Å². The fourth-order valence-corrected chi connectivity index (χ4v) is 2.40. The molecule has 1 N–H and O–H groups in total. The van der Waals surface area contributed by atoms with Crippen LogP contribution in [0.15, 0.2) is 40.2 Å². The van der Waals surface area contributed by atoms with Crippen molar-refractivity contribution in [1.82, 2.24) is 5.32 Å². The Kier molecular flexibility index (Phi) is 3.91. The number of carbonyl (C=O) groups excluding carboxylic acids is 1. The summed E-state index contributed by atoms with van der Waals surface area (Å²) in [6.45, 7) is 0.183. The van der Waals surface area contributed by atoms with Crippen molar-refractivity contribution >= 4 is 33.2 Å². The standard InChI is InChI=1S/C12H9BrFNOS/c13-9-3-4-10(14)8(6-9)7-15-12(16)11-2-1-5-17-11/h1-6H,7H2,(H,15,16). The van der Waals surface area contributed by atoms with Gasteiger partial charge in [-0.15, -0.1) is 11.3 Å². The summed E-state index contributed by atoms with van der Waals surface area (Å²) in [7, 11) is 0. The Labute approximate surface area is 111 Å². The molecule has 0 fully saturated rings. The maximum Gasteiger partial charge on any atom is 0.261 e. The molecule has 1 amide bonds. The van der Waals surface area contributed by atoms with E-state index in [1.54, 1.807) is 24.3 Å². The van der Waals surface area contributed by atoms with Crippen LogP contribution in [0.3, 0.4) is 0 Å². The van der Waals surface area contributed by atoms with Gasteiger partial charge in [0.15, 0.2) is 0 Å². The Balaban J connectivity index is 2.03. The van der Waals surface area contributed by atoms with Gasteiger partial charge in [-0.1, -0.05) is 22.0 Å². The van der Waals surface area contributed by atoms with Crippen molar-refractivity contribution in [2.75, 3.05) is 0 Å². The summed E-state index contributed by atoms with van der Waals surface area (Å²) in [6, 6.07) is 8.19. The molecule has 0 atom stereocenters. The smallest absolute Gasteiger partial charge is 0.261 e. The summed E-state index contributed by atoms with van der Waals surface area (Å²) in [6.07, 6.45) is 0. The Bertz CT molecular complexity index is 527. The van der Waals surface area contributed by atoms with Crippen molar-refractivity contribution in [2.24, 2.45) is 0 Å². The Morgan fingerprint density at radius 3 is 2.94 bits per heavy atom. The maximum absolute atomic E-state index is 13.4. The van der Waals surface area contributed by atoms with E-state index in [1.807, 2.05) is 5.38 Å². The van der Waals surface area contributed by atoms with E-state index in [0.717, 1.165) is 4.47 Å². The van der Waals surface area contributed by atoms with Gasteiger partial charge in [0.25, 0.3) is 5.91 Å². The van der Waals surface area contributed by atoms with Gasteiger partial charge >= 0.3 is 0 Å². The minimum Gasteiger partial charge on any atom is -0.347 e. The van der Waals surface area contributed by atoms with E-state index in [4.69, 9.17) is 0 Å². The van der Waals surface area contributed by atoms with Gasteiger partial charge < -0.3 is 5.32 Å². The van der Waals surface area contributed by atoms with Crippen molar-refractivity contribution in [2.45, 2.75) is 6.54 Å². The zero-order chi connectivity index (χ0) is 12.3. The molecular formula is C12H9BrFNOS. The number of hydrogen-bond acceptors (Lipinski definition) is 2. The molecule has 0 saturated carbocycles. The van der Waals surface area contributed by atoms with Gasteiger partial charge in [-0.25, -0.2) is 4.39 Å². The molecule has 17 heavy (non-hydrogen) atoms. The van der Waals surface area contributed by atoms with Gasteiger partial charge in [-0.05, 0) is 29.6 Å². The molecule has 0 bridgehead atoms. The average molecular weight is 314 g/mol. The van der Waals surface area contributed by atoms with Crippen LogP contribution in [0.4, 0.5) is 4.39 Å². The molecular weight excluding hydrogens is 305 g/mol. The second kappa shape index (κ2) is 5.42. The quantitative estimate of drug-likeness (QED) is 0.922. The Hall–Kier alpha value is -1.20. The SMILES string of the molecule is O=C(NCc1cc(Br)ccc1F)c1cccs1. The maximum atomic E-state index is 13.4. The van der Waals surface area contributed by atoms with Crippen molar-refractivity contribution in [3.63, 3.8) is 0 Å². The van der Waals surface area contributed by atoms with Gasteiger partial charge in [-0.3, -0.25) is 4.79 Å². The van der Waals surface area contributed by atoms with E-state index in [9.17, 15) is 9.18 Å². The Morgan fingerprint density at radius 1 is 1.41 bits per heavy atom. The van der Waals surface area contributed by atoms with Crippen LogP contribution < -0.4 is 5.32 Å². The first-order chi connectivity index (χ1) is 8.16. The normalized spacial score (nSPS) is 10.2. The zero-order valence-corrected chi connectivity index (χ0v) is 11.1. The highest BCUT2D eigenvalue weighted by atomic mass is 79.9. The molecule has 2 aromatic rings. The molecule has 1 aromatic heterocycles. The highest BCUT2D eigenvalue weighted by molar-refractivity contribution is 9.10. The third-order valence-corrected chi connectivity index (χ3v) is 3.55. The van der Waals surface area contributed by atoms with Gasteiger partial charge in [0.1, 0.15) is 5.82 Å². The first kappa shape index (κ1) is 12.3. The molecule has 2 rings (SSSR count). The van der Waals surface area contributed by atoms with Crippen LogP contribution in [0.25, 0.3) is 0 Å². The largest absolute Gasteiger partial charge is 0.347 e. The van der Waals surface area contributed by atoms with Gasteiger partial charge in [0.05, 0.1) is 4.88 Å². The first-order valence-corrected chi connectivity index (χ1v) is 6.60. The lowest BCUT2D eigenvalue weighted by Crippen LogP contribution is -2.22. The van der Waals surface area contributed by atoms with E-state index >= 15 is 0 Å². The Morgan fingerprint density at radius 2 is 2.24 bits per heavy atom. The monoisotopic (exact) mass is 313 g/mol. The molecule has 1 heterocycles. The van der Waals surface area contributed by atoms with Crippen LogP contribution in [-0.2, 0) is 6.54 Å². The highest BCUT2D eigenvalue weighted by Crippen LogP contribution is 2.15. The predicted molar refractivity (Wildman–Crippen MR) is 69.6 cm³/mol. The lowest BCUT2D eigenvalue weighted by atomic mass is 10.2. The number of nitrogens with one attached hydrogen (secondary N) is 1. The molecule has 0 unspecified atom stereocenters. The molecule has 0 spiro atoms. The summed E-state index contributed by atoms with van der Waals surface area (Å²) >= 11 is 4.62. The number of hydrogen-bond donors (Lipinski definition) is 1. The minimum atomic E-state index is -0.320. The van der Waals surface area contributed by atoms with Crippen molar-refractivity contribution in [3.8, 4) is 0 Å². The second-order valence-electron chi connectivity index (χ2n) is 3.40. The topological polar surface area (TPSA) is 29.1 Å². The molecule has 1 aromatic carbocycles. The number of halogens is 2. The third-order valence-electron chi connectivity index (χ3n) is 2.19. The number of carbonyl (C=O) groups is 1. The van der Waals surface area contributed by atoms with Crippen molar-refractivity contribution in [1.29, 1.82) is 0 Å². The van der Waals surface area contributed by atoms with E-state index in [2.05, 4.69) is 21.2 Å². The van der Waals surface area contributed by atoms with E-state index in [-0.39, 0.29) is 18.3 Å². The van der Waals surface area contributed by atoms with Crippen LogP contribution in [0.5, 0.6) is 0 Å². The fourth-order valence-electron chi connectivity index (χ4n) is 1.35. The molecule has 0 aliphatic heterocycles. The molecule has 0 aliphatic rings. The summed E-state index contributed by atoms with van der Waals surface area (Å²) in [4.78, 5) is 12.3. The van der Waals surface area contributed by atoms with Gasteiger partial charge in [0.2, 0.25) is 0 Å². The number of rotatable bonds is 3. The summed E-state index contributed by atoms with van der Waals surface area (Å²) < 4.78 is 14.2. The number of amides is 1. The minimum absolute atomic E-state index is 0.181. The molecule has 5 heteroatoms. The average Bonchev–Trinajstić information content (AvgIpc) is 2.83. The zero-order valence-electron chi connectivity index (χ0n) is 8.74. The summed E-state index contributed by atoms with van der Waals surface area (Å²) in [5, 5.41) is 4.51. The number of benzene rings is 1. The molecule has 0 saturated heterocycles. The van der Waals surface area contributed by atoms with Crippen molar-refractivity contribution < 1.29 is 9.18 Å². The lowest BCUT2D eigenvalue weighted by Gasteiger charge is -2.05. The van der Waals surface area contributed by atoms with Crippen LogP contribution in [0, 0.1) is 5.82 Å². The van der Waals surface area contributed by atoms with E-state index in [0.29, 0.717) is 10.4 Å². The van der Waals surface area contributed by atoms with Crippen LogP contribution >= 0.6 is 27.3 Å². The first-order valence-electron chi connectivity index (χ1n) is 4.92. The molecule has 88 valence electrons. The van der Waals surface area contributed by atoms with E-state index in [1.165, 1.54) is 17.4 Å². The lowest BCUT2D eigenvalue weighted by molar-refractivity contribution is 0.0954. The summed E-state index contributed by atoms with van der Waals surface area (Å²) in [5.41, 5.74) is 0.462. The van der Waals surface area contributed by atoms with Crippen molar-refractivity contribution in [3.05, 3.63) is 56.4 Å².